The summed E-state index contributed by atoms with van der Waals surface area (Å²) in [4.78, 5) is 11.2. The van der Waals surface area contributed by atoms with Crippen LogP contribution in [-0.4, -0.2) is 18.2 Å². The summed E-state index contributed by atoms with van der Waals surface area (Å²) in [7, 11) is 1.62. The van der Waals surface area contributed by atoms with E-state index in [1.807, 2.05) is 19.9 Å². The van der Waals surface area contributed by atoms with E-state index in [4.69, 9.17) is 4.74 Å². The third-order valence-electron chi connectivity index (χ3n) is 3.24. The molecule has 1 rings (SSSR count). The fraction of sp³-hybridized carbons (Fsp3) is 0.500. The van der Waals surface area contributed by atoms with Gasteiger partial charge < -0.3 is 9.84 Å². The molecule has 0 saturated heterocycles. The molecule has 4 heteroatoms. The van der Waals surface area contributed by atoms with Gasteiger partial charge in [-0.15, -0.1) is 0 Å². The van der Waals surface area contributed by atoms with Crippen LogP contribution in [0.4, 0.5) is 0 Å². The van der Waals surface area contributed by atoms with Gasteiger partial charge >= 0.3 is 5.97 Å². The summed E-state index contributed by atoms with van der Waals surface area (Å²) in [5, 5.41) is 9.22. The number of aliphatic carboxylic acids is 1. The summed E-state index contributed by atoms with van der Waals surface area (Å²) in [6, 6.07) is 1.93. The lowest BCUT2D eigenvalue weighted by Gasteiger charge is -2.23. The largest absolute Gasteiger partial charge is 0.496 e. The molecule has 0 aromatic heterocycles. The Bertz CT molecular complexity index is 478. The highest BCUT2D eigenvalue weighted by molar-refractivity contribution is 9.10. The predicted octanol–water partition coefficient (Wildman–Crippen LogP) is 3.73. The molecule has 0 atom stereocenters. The SMILES string of the molecule is COc1cc(C)c(CC(C)(C)C(=O)O)c(C)c1Br. The number of rotatable bonds is 4. The normalized spacial score (nSPS) is 11.4. The van der Waals surface area contributed by atoms with Gasteiger partial charge in [-0.05, 0) is 72.8 Å². The molecule has 0 fully saturated rings. The van der Waals surface area contributed by atoms with E-state index in [9.17, 15) is 9.90 Å². The van der Waals surface area contributed by atoms with Gasteiger partial charge in [0.25, 0.3) is 0 Å². The zero-order valence-corrected chi connectivity index (χ0v) is 13.0. The fourth-order valence-electron chi connectivity index (χ4n) is 1.90. The molecule has 0 bridgehead atoms. The number of carboxylic acids is 1. The summed E-state index contributed by atoms with van der Waals surface area (Å²) >= 11 is 3.50. The first-order valence-corrected chi connectivity index (χ1v) is 6.56. The summed E-state index contributed by atoms with van der Waals surface area (Å²) < 4.78 is 6.17. The summed E-state index contributed by atoms with van der Waals surface area (Å²) in [5.74, 6) is -0.00452. The molecule has 0 radical (unpaired) electrons. The minimum Gasteiger partial charge on any atom is -0.496 e. The van der Waals surface area contributed by atoms with Crippen LogP contribution in [0, 0.1) is 19.3 Å². The van der Waals surface area contributed by atoms with Crippen LogP contribution >= 0.6 is 15.9 Å². The van der Waals surface area contributed by atoms with Crippen LogP contribution in [0.15, 0.2) is 10.5 Å². The lowest BCUT2D eigenvalue weighted by Crippen LogP contribution is -2.27. The lowest BCUT2D eigenvalue weighted by molar-refractivity contribution is -0.146. The lowest BCUT2D eigenvalue weighted by atomic mass is 9.83. The van der Waals surface area contributed by atoms with Gasteiger partial charge in [0.15, 0.2) is 0 Å². The maximum atomic E-state index is 11.2. The zero-order chi connectivity index (χ0) is 14.1. The molecular weight excluding hydrogens is 296 g/mol. The molecule has 1 N–H and O–H groups in total. The number of hydrogen-bond donors (Lipinski definition) is 1. The Labute approximate surface area is 116 Å². The van der Waals surface area contributed by atoms with Gasteiger partial charge in [-0.25, -0.2) is 0 Å². The minimum atomic E-state index is -0.784. The molecule has 0 aliphatic rings. The number of halogens is 1. The number of benzene rings is 1. The van der Waals surface area contributed by atoms with Gasteiger partial charge in [-0.3, -0.25) is 4.79 Å². The van der Waals surface area contributed by atoms with Crippen molar-refractivity contribution in [3.8, 4) is 5.75 Å². The second-order valence-electron chi connectivity index (χ2n) is 5.18. The van der Waals surface area contributed by atoms with Crippen molar-refractivity contribution in [1.82, 2.24) is 0 Å². The van der Waals surface area contributed by atoms with Gasteiger partial charge in [0, 0.05) is 0 Å². The highest BCUT2D eigenvalue weighted by Crippen LogP contribution is 2.36. The molecule has 0 aliphatic carbocycles. The number of hydrogen-bond acceptors (Lipinski definition) is 2. The summed E-state index contributed by atoms with van der Waals surface area (Å²) in [6.45, 7) is 7.45. The van der Waals surface area contributed by atoms with Gasteiger partial charge in [0.05, 0.1) is 17.0 Å². The Morgan fingerprint density at radius 2 is 2.00 bits per heavy atom. The van der Waals surface area contributed by atoms with Crippen LogP contribution in [0.1, 0.15) is 30.5 Å². The molecule has 0 heterocycles. The Morgan fingerprint density at radius 3 is 2.44 bits per heavy atom. The molecule has 18 heavy (non-hydrogen) atoms. The van der Waals surface area contributed by atoms with Crippen molar-refractivity contribution in [3.63, 3.8) is 0 Å². The maximum absolute atomic E-state index is 11.2. The average Bonchev–Trinajstić information content (AvgIpc) is 2.29. The molecule has 0 spiro atoms. The highest BCUT2D eigenvalue weighted by atomic mass is 79.9. The molecule has 3 nitrogen and oxygen atoms in total. The maximum Gasteiger partial charge on any atom is 0.309 e. The zero-order valence-electron chi connectivity index (χ0n) is 11.4. The molecule has 0 unspecified atom stereocenters. The van der Waals surface area contributed by atoms with E-state index in [1.54, 1.807) is 21.0 Å². The molecule has 0 saturated carbocycles. The monoisotopic (exact) mass is 314 g/mol. The van der Waals surface area contributed by atoms with Crippen LogP contribution in [0.5, 0.6) is 5.75 Å². The van der Waals surface area contributed by atoms with Gasteiger partial charge in [0.1, 0.15) is 5.75 Å². The Morgan fingerprint density at radius 1 is 1.44 bits per heavy atom. The molecule has 1 aromatic carbocycles. The Balaban J connectivity index is 3.27. The van der Waals surface area contributed by atoms with Crippen LogP contribution < -0.4 is 4.74 Å². The van der Waals surface area contributed by atoms with Crippen LogP contribution in [-0.2, 0) is 11.2 Å². The van der Waals surface area contributed by atoms with Crippen molar-refractivity contribution in [2.45, 2.75) is 34.1 Å². The molecule has 0 aliphatic heterocycles. The van der Waals surface area contributed by atoms with Crippen molar-refractivity contribution in [3.05, 3.63) is 27.2 Å². The number of carboxylic acid groups (broad SMARTS) is 1. The first kappa shape index (κ1) is 15.0. The first-order valence-electron chi connectivity index (χ1n) is 5.76. The van der Waals surface area contributed by atoms with Crippen molar-refractivity contribution < 1.29 is 14.6 Å². The van der Waals surface area contributed by atoms with Gasteiger partial charge in [0.2, 0.25) is 0 Å². The molecule has 0 amide bonds. The Kier molecular flexibility index (Phi) is 4.43. The van der Waals surface area contributed by atoms with Crippen molar-refractivity contribution >= 4 is 21.9 Å². The minimum absolute atomic E-state index is 0.503. The molecule has 100 valence electrons. The number of methoxy groups -OCH3 is 1. The van der Waals surface area contributed by atoms with Gasteiger partial charge in [-0.2, -0.15) is 0 Å². The fourth-order valence-corrected chi connectivity index (χ4v) is 2.41. The third-order valence-corrected chi connectivity index (χ3v) is 4.22. The smallest absolute Gasteiger partial charge is 0.309 e. The van der Waals surface area contributed by atoms with Crippen molar-refractivity contribution in [2.24, 2.45) is 5.41 Å². The second kappa shape index (κ2) is 5.31. The topological polar surface area (TPSA) is 46.5 Å². The van der Waals surface area contributed by atoms with Gasteiger partial charge in [-0.1, -0.05) is 0 Å². The van der Waals surface area contributed by atoms with Crippen LogP contribution in [0.3, 0.4) is 0 Å². The molecule has 1 aromatic rings. The van der Waals surface area contributed by atoms with E-state index in [0.29, 0.717) is 6.42 Å². The standard InChI is InChI=1S/C14H19BrO3/c1-8-6-11(18-5)12(15)9(2)10(8)7-14(3,4)13(16)17/h6H,7H2,1-5H3,(H,16,17). The van der Waals surface area contributed by atoms with E-state index in [-0.39, 0.29) is 0 Å². The quantitative estimate of drug-likeness (QED) is 0.921. The number of aryl methyl sites for hydroxylation is 1. The molecular formula is C14H19BrO3. The van der Waals surface area contributed by atoms with E-state index in [0.717, 1.165) is 26.9 Å². The van der Waals surface area contributed by atoms with Crippen LogP contribution in [0.2, 0.25) is 0 Å². The van der Waals surface area contributed by atoms with E-state index >= 15 is 0 Å². The predicted molar refractivity (Wildman–Crippen MR) is 75.3 cm³/mol. The number of carbonyl (C=O) groups is 1. The summed E-state index contributed by atoms with van der Waals surface area (Å²) in [6.07, 6.45) is 0.503. The first-order chi connectivity index (χ1) is 8.20. The Hall–Kier alpha value is -1.03. The van der Waals surface area contributed by atoms with Crippen LogP contribution in [0.25, 0.3) is 0 Å². The van der Waals surface area contributed by atoms with E-state index in [1.165, 1.54) is 0 Å². The highest BCUT2D eigenvalue weighted by Gasteiger charge is 2.29. The average molecular weight is 315 g/mol. The third kappa shape index (κ3) is 2.86. The van der Waals surface area contributed by atoms with E-state index < -0.39 is 11.4 Å². The van der Waals surface area contributed by atoms with Crippen molar-refractivity contribution in [1.29, 1.82) is 0 Å². The van der Waals surface area contributed by atoms with Crippen molar-refractivity contribution in [2.75, 3.05) is 7.11 Å². The number of ether oxygens (including phenoxy) is 1. The summed E-state index contributed by atoms with van der Waals surface area (Å²) in [5.41, 5.74) is 2.39. The van der Waals surface area contributed by atoms with E-state index in [2.05, 4.69) is 15.9 Å². The second-order valence-corrected chi connectivity index (χ2v) is 5.97.